The Kier molecular flexibility index (Phi) is 36.1. The van der Waals surface area contributed by atoms with Crippen LogP contribution in [-0.2, 0) is 9.36 Å². The third-order valence-corrected chi connectivity index (χ3v) is 10.4. The van der Waals surface area contributed by atoms with Gasteiger partial charge in [-0.15, -0.1) is 0 Å². The first-order valence-corrected chi connectivity index (χ1v) is 21.7. The Labute approximate surface area is 280 Å². The molecule has 1 amide bonds. The molecule has 0 aliphatic rings. The Bertz CT molecular complexity index is 642. The molecule has 4 N–H and O–H groups in total. The smallest absolute Gasteiger partial charge is 0.324 e. The topological polar surface area (TPSA) is 107 Å². The van der Waals surface area contributed by atoms with Gasteiger partial charge in [0.15, 0.2) is 0 Å². The minimum Gasteiger partial charge on any atom is -0.324 e. The minimum atomic E-state index is -3.78. The summed E-state index contributed by atoms with van der Waals surface area (Å²) in [6.45, 7) is 0. The quantitative estimate of drug-likeness (QED) is 0.0228. The van der Waals surface area contributed by atoms with Crippen LogP contribution in [0.1, 0.15) is 231 Å². The van der Waals surface area contributed by atoms with Crippen LogP contribution in [0.2, 0.25) is 0 Å². The van der Waals surface area contributed by atoms with E-state index in [1.165, 1.54) is 193 Å². The van der Waals surface area contributed by atoms with Gasteiger partial charge in [0.1, 0.15) is 0 Å². The molecule has 0 radical (unpaired) electrons. The van der Waals surface area contributed by atoms with Crippen molar-refractivity contribution in [1.82, 2.24) is 5.48 Å². The zero-order chi connectivity index (χ0) is 32.9. The summed E-state index contributed by atoms with van der Waals surface area (Å²) >= 11 is 0. The number of amides is 1. The monoisotopic (exact) mass is 660 g/mol. The lowest BCUT2D eigenvalue weighted by Crippen LogP contribution is -2.17. The molecule has 270 valence electrons. The second-order valence-electron chi connectivity index (χ2n) is 14.0. The predicted molar refractivity (Wildman–Crippen MR) is 193 cm³/mol. The molecule has 0 aromatic heterocycles. The normalized spacial score (nSPS) is 11.8. The average molecular weight is 660 g/mol. The highest BCUT2D eigenvalue weighted by Gasteiger charge is 2.10. The van der Waals surface area contributed by atoms with Gasteiger partial charge >= 0.3 is 7.60 Å². The molecule has 0 aliphatic heterocycles. The van der Waals surface area contributed by atoms with Crippen molar-refractivity contribution in [3.8, 4) is 0 Å². The Morgan fingerprint density at radius 1 is 0.356 bits per heavy atom. The number of carbonyl (C=O) groups excluding carboxylic acids is 1. The van der Waals surface area contributed by atoms with Gasteiger partial charge in [-0.25, -0.2) is 5.48 Å². The van der Waals surface area contributed by atoms with Crippen molar-refractivity contribution in [3.63, 3.8) is 0 Å². The molecular weight excluding hydrogens is 581 g/mol. The van der Waals surface area contributed by atoms with E-state index in [4.69, 9.17) is 15.0 Å². The van der Waals surface area contributed by atoms with Gasteiger partial charge in [-0.05, 0) is 12.8 Å². The van der Waals surface area contributed by atoms with Crippen LogP contribution >= 0.6 is 7.60 Å². The number of hydrogen-bond acceptors (Lipinski definition) is 3. The lowest BCUT2D eigenvalue weighted by Gasteiger charge is -2.05. The molecule has 0 spiro atoms. The van der Waals surface area contributed by atoms with Crippen LogP contribution in [0.5, 0.6) is 0 Å². The van der Waals surface area contributed by atoms with E-state index in [1.807, 2.05) is 0 Å². The van der Waals surface area contributed by atoms with Crippen LogP contribution in [0.3, 0.4) is 0 Å². The minimum absolute atomic E-state index is 0.0553. The summed E-state index contributed by atoms with van der Waals surface area (Å²) in [5.41, 5.74) is 1.70. The molecule has 0 saturated heterocycles. The van der Waals surface area contributed by atoms with Crippen molar-refractivity contribution in [2.45, 2.75) is 231 Å². The van der Waals surface area contributed by atoms with Crippen molar-refractivity contribution in [2.75, 3.05) is 6.16 Å². The van der Waals surface area contributed by atoms with Crippen molar-refractivity contribution < 1.29 is 24.4 Å². The fourth-order valence-electron chi connectivity index (χ4n) is 6.49. The first kappa shape index (κ1) is 44.6. The zero-order valence-corrected chi connectivity index (χ0v) is 30.7. The van der Waals surface area contributed by atoms with Gasteiger partial charge in [0, 0.05) is 12.6 Å². The molecule has 0 unspecified atom stereocenters. The maximum absolute atomic E-state index is 10.9. The van der Waals surface area contributed by atoms with Gasteiger partial charge in [0.05, 0.1) is 0 Å². The Balaban J connectivity index is 3.07. The first-order valence-electron chi connectivity index (χ1n) is 19.9. The molecule has 0 fully saturated rings. The van der Waals surface area contributed by atoms with Crippen LogP contribution in [0, 0.1) is 0 Å². The van der Waals surface area contributed by atoms with Crippen LogP contribution in [0.15, 0.2) is 0 Å². The average Bonchev–Trinajstić information content (AvgIpc) is 3.01. The van der Waals surface area contributed by atoms with Gasteiger partial charge in [-0.3, -0.25) is 14.6 Å². The van der Waals surface area contributed by atoms with Gasteiger partial charge in [-0.2, -0.15) is 0 Å². The fraction of sp³-hybridized carbons (Fsp3) is 0.974. The van der Waals surface area contributed by atoms with Crippen LogP contribution in [-0.4, -0.2) is 27.1 Å². The summed E-state index contributed by atoms with van der Waals surface area (Å²) in [5.74, 6) is -0.262. The lowest BCUT2D eigenvalue weighted by molar-refractivity contribution is -0.129. The summed E-state index contributed by atoms with van der Waals surface area (Å²) in [6.07, 6.45) is 46.9. The molecule has 7 heteroatoms. The van der Waals surface area contributed by atoms with Crippen molar-refractivity contribution in [3.05, 3.63) is 0 Å². The molecule has 0 saturated carbocycles. The summed E-state index contributed by atoms with van der Waals surface area (Å²) in [7, 11) is -3.78. The van der Waals surface area contributed by atoms with Gasteiger partial charge in [-0.1, -0.05) is 212 Å². The summed E-state index contributed by atoms with van der Waals surface area (Å²) < 4.78 is 10.8. The molecule has 0 atom stereocenters. The first-order chi connectivity index (χ1) is 22.0. The second kappa shape index (κ2) is 36.4. The van der Waals surface area contributed by atoms with Crippen LogP contribution < -0.4 is 5.48 Å². The van der Waals surface area contributed by atoms with E-state index < -0.39 is 7.60 Å². The predicted octanol–water partition coefficient (Wildman–Crippen LogP) is 12.7. The maximum Gasteiger partial charge on any atom is 0.325 e. The standard InChI is InChI=1S/C38H78NO5P/c40-38(39-41)36-34-32-30-28-26-24-22-20-18-16-14-12-10-8-6-4-2-1-3-5-7-9-11-13-15-17-19-21-23-25-27-29-31-33-35-37-45(42,43)44/h41H,1-37H2,(H,39,40)(H2,42,43,44). The highest BCUT2D eigenvalue weighted by molar-refractivity contribution is 7.51. The van der Waals surface area contributed by atoms with E-state index in [0.29, 0.717) is 12.8 Å². The van der Waals surface area contributed by atoms with Crippen LogP contribution in [0.4, 0.5) is 0 Å². The molecule has 0 aliphatic carbocycles. The van der Waals surface area contributed by atoms with Crippen LogP contribution in [0.25, 0.3) is 0 Å². The van der Waals surface area contributed by atoms with E-state index in [0.717, 1.165) is 25.7 Å². The van der Waals surface area contributed by atoms with E-state index in [2.05, 4.69) is 0 Å². The van der Waals surface area contributed by atoms with Crippen molar-refractivity contribution >= 4 is 13.5 Å². The maximum atomic E-state index is 10.9. The Morgan fingerprint density at radius 2 is 0.533 bits per heavy atom. The molecule has 45 heavy (non-hydrogen) atoms. The molecule has 0 rings (SSSR count). The SMILES string of the molecule is O=C(CCCCCCCCCCCCCCCCCCCCCCCCCCCCCCCCCCCCCP(=O)(O)O)NO. The van der Waals surface area contributed by atoms with E-state index in [9.17, 15) is 9.36 Å². The third-order valence-electron chi connectivity index (χ3n) is 9.48. The molecule has 0 aromatic carbocycles. The highest BCUT2D eigenvalue weighted by atomic mass is 31.2. The third kappa shape index (κ3) is 41.6. The number of hydrogen-bond donors (Lipinski definition) is 4. The van der Waals surface area contributed by atoms with Gasteiger partial charge in [0.2, 0.25) is 5.91 Å². The molecule has 0 aromatic rings. The summed E-state index contributed by atoms with van der Waals surface area (Å²) in [4.78, 5) is 28.6. The van der Waals surface area contributed by atoms with Crippen molar-refractivity contribution in [1.29, 1.82) is 0 Å². The van der Waals surface area contributed by atoms with Gasteiger partial charge < -0.3 is 9.79 Å². The lowest BCUT2D eigenvalue weighted by atomic mass is 10.0. The van der Waals surface area contributed by atoms with E-state index >= 15 is 0 Å². The molecule has 6 nitrogen and oxygen atoms in total. The number of unbranched alkanes of at least 4 members (excludes halogenated alkanes) is 34. The zero-order valence-electron chi connectivity index (χ0n) is 29.8. The number of hydroxylamine groups is 1. The molecule has 0 heterocycles. The number of carbonyl (C=O) groups is 1. The van der Waals surface area contributed by atoms with E-state index in [-0.39, 0.29) is 12.1 Å². The fourth-order valence-corrected chi connectivity index (χ4v) is 7.13. The highest BCUT2D eigenvalue weighted by Crippen LogP contribution is 2.35. The Hall–Kier alpha value is -0.420. The number of rotatable bonds is 38. The van der Waals surface area contributed by atoms with E-state index in [1.54, 1.807) is 5.48 Å². The molecular formula is C38H78NO5P. The number of nitrogens with one attached hydrogen (secondary N) is 1. The molecule has 0 bridgehead atoms. The van der Waals surface area contributed by atoms with Crippen molar-refractivity contribution in [2.24, 2.45) is 0 Å². The van der Waals surface area contributed by atoms with Gasteiger partial charge in [0.25, 0.3) is 0 Å². The summed E-state index contributed by atoms with van der Waals surface area (Å²) in [6, 6.07) is 0. The Morgan fingerprint density at radius 3 is 0.711 bits per heavy atom. The summed E-state index contributed by atoms with van der Waals surface area (Å²) in [5, 5.41) is 8.46. The largest absolute Gasteiger partial charge is 0.325 e. The second-order valence-corrected chi connectivity index (χ2v) is 15.8.